The first-order chi connectivity index (χ1) is 21.5. The van der Waals surface area contributed by atoms with Crippen LogP contribution in [0.15, 0.2) is 84.9 Å². The number of fused-ring (bicyclic) bond motifs is 3. The lowest BCUT2D eigenvalue weighted by Crippen LogP contribution is -2.11. The Morgan fingerprint density at radius 3 is 2.55 bits per heavy atom. The summed E-state index contributed by atoms with van der Waals surface area (Å²) in [7, 11) is 3.28. The van der Waals surface area contributed by atoms with Crippen molar-refractivity contribution in [2.45, 2.75) is 25.2 Å². The van der Waals surface area contributed by atoms with Crippen molar-refractivity contribution in [1.82, 2.24) is 15.0 Å². The van der Waals surface area contributed by atoms with Crippen molar-refractivity contribution < 1.29 is 14.4 Å². The number of hydrogen-bond acceptors (Lipinski definition) is 7. The molecule has 4 aromatic carbocycles. The Morgan fingerprint density at radius 2 is 1.73 bits per heavy atom. The number of rotatable bonds is 9. The zero-order valence-corrected chi connectivity index (χ0v) is 24.5. The largest absolute Gasteiger partial charge is 0.493 e. The number of non-ortho nitro benzene ring substituents is 1. The molecule has 0 fully saturated rings. The van der Waals surface area contributed by atoms with Gasteiger partial charge in [0, 0.05) is 52.1 Å². The van der Waals surface area contributed by atoms with E-state index in [0.29, 0.717) is 24.0 Å². The summed E-state index contributed by atoms with van der Waals surface area (Å²) in [6.45, 7) is 0.618. The highest BCUT2D eigenvalue weighted by atomic mass is 16.6. The molecule has 1 aliphatic rings. The van der Waals surface area contributed by atoms with E-state index < -0.39 is 0 Å². The third kappa shape index (κ3) is 4.86. The molecule has 1 unspecified atom stereocenters. The van der Waals surface area contributed by atoms with Gasteiger partial charge in [0.2, 0.25) is 5.95 Å². The van der Waals surface area contributed by atoms with Gasteiger partial charge in [0.1, 0.15) is 0 Å². The van der Waals surface area contributed by atoms with Gasteiger partial charge < -0.3 is 19.8 Å². The van der Waals surface area contributed by atoms with Crippen molar-refractivity contribution in [3.8, 4) is 22.8 Å². The minimum Gasteiger partial charge on any atom is -0.493 e. The molecule has 0 bridgehead atoms. The molecule has 1 aliphatic carbocycles. The predicted molar refractivity (Wildman–Crippen MR) is 172 cm³/mol. The molecule has 2 N–H and O–H groups in total. The normalized spacial score (nSPS) is 14.1. The van der Waals surface area contributed by atoms with Gasteiger partial charge in [-0.1, -0.05) is 42.5 Å². The van der Waals surface area contributed by atoms with Crippen molar-refractivity contribution in [3.63, 3.8) is 0 Å². The molecule has 0 spiro atoms. The number of para-hydroxylation sites is 2. The molecule has 0 radical (unpaired) electrons. The van der Waals surface area contributed by atoms with E-state index in [0.717, 1.165) is 69.1 Å². The summed E-state index contributed by atoms with van der Waals surface area (Å²) < 4.78 is 11.0. The lowest BCUT2D eigenvalue weighted by molar-refractivity contribution is -0.384. The fourth-order valence-electron chi connectivity index (χ4n) is 6.44. The molecule has 2 heterocycles. The van der Waals surface area contributed by atoms with Gasteiger partial charge in [0.05, 0.1) is 30.4 Å². The summed E-state index contributed by atoms with van der Waals surface area (Å²) in [5.74, 6) is 1.97. The summed E-state index contributed by atoms with van der Waals surface area (Å²) in [4.78, 5) is 24.5. The zero-order chi connectivity index (χ0) is 30.2. The van der Waals surface area contributed by atoms with Gasteiger partial charge >= 0.3 is 0 Å². The Kier molecular flexibility index (Phi) is 7.06. The van der Waals surface area contributed by atoms with Gasteiger partial charge in [-0.05, 0) is 66.3 Å². The molecule has 1 atom stereocenters. The van der Waals surface area contributed by atoms with Crippen LogP contribution in [-0.4, -0.2) is 40.6 Å². The summed E-state index contributed by atoms with van der Waals surface area (Å²) in [5, 5.41) is 17.0. The molecule has 220 valence electrons. The number of benzene rings is 4. The fraction of sp³-hybridized carbons (Fsp3) is 0.200. The number of nitro groups is 1. The summed E-state index contributed by atoms with van der Waals surface area (Å²) in [6, 6.07) is 27.5. The van der Waals surface area contributed by atoms with E-state index in [-0.39, 0.29) is 16.5 Å². The van der Waals surface area contributed by atoms with Gasteiger partial charge in [0.15, 0.2) is 11.5 Å². The Morgan fingerprint density at radius 1 is 0.932 bits per heavy atom. The molecule has 6 aromatic rings. The maximum Gasteiger partial charge on any atom is 0.269 e. The van der Waals surface area contributed by atoms with E-state index in [4.69, 9.17) is 19.4 Å². The van der Waals surface area contributed by atoms with Crippen LogP contribution < -0.4 is 14.8 Å². The Labute approximate surface area is 254 Å². The fourth-order valence-corrected chi connectivity index (χ4v) is 6.44. The molecule has 2 aromatic heterocycles. The van der Waals surface area contributed by atoms with E-state index >= 15 is 0 Å². The molecular weight excluding hydrogens is 554 g/mol. The predicted octanol–water partition coefficient (Wildman–Crippen LogP) is 7.44. The summed E-state index contributed by atoms with van der Waals surface area (Å²) in [5.41, 5.74) is 8.36. The molecule has 0 saturated carbocycles. The van der Waals surface area contributed by atoms with Crippen molar-refractivity contribution in [2.24, 2.45) is 0 Å². The summed E-state index contributed by atoms with van der Waals surface area (Å²) in [6.07, 6.45) is 2.36. The molecule has 9 nitrogen and oxygen atoms in total. The Hall–Kier alpha value is -5.44. The van der Waals surface area contributed by atoms with E-state index in [9.17, 15) is 10.1 Å². The van der Waals surface area contributed by atoms with Crippen LogP contribution in [0.25, 0.3) is 33.1 Å². The monoisotopic (exact) mass is 585 g/mol. The molecular formula is C35H31N5O4. The average molecular weight is 586 g/mol. The third-order valence-electron chi connectivity index (χ3n) is 8.52. The lowest BCUT2D eigenvalue weighted by atomic mass is 9.94. The number of aryl methyl sites for hydroxylation is 1. The second kappa shape index (κ2) is 11.3. The highest BCUT2D eigenvalue weighted by molar-refractivity contribution is 5.91. The van der Waals surface area contributed by atoms with Gasteiger partial charge in [-0.3, -0.25) is 10.1 Å². The van der Waals surface area contributed by atoms with Crippen LogP contribution in [0.2, 0.25) is 0 Å². The van der Waals surface area contributed by atoms with Crippen molar-refractivity contribution >= 4 is 33.4 Å². The first-order valence-electron chi connectivity index (χ1n) is 14.6. The lowest BCUT2D eigenvalue weighted by Gasteiger charge is -2.16. The van der Waals surface area contributed by atoms with Crippen molar-refractivity contribution in [1.29, 1.82) is 0 Å². The van der Waals surface area contributed by atoms with Crippen LogP contribution in [0.5, 0.6) is 11.5 Å². The van der Waals surface area contributed by atoms with E-state index in [2.05, 4.69) is 34.6 Å². The topological polar surface area (TPSA) is 115 Å². The zero-order valence-electron chi connectivity index (χ0n) is 24.5. The second-order valence-corrected chi connectivity index (χ2v) is 11.0. The van der Waals surface area contributed by atoms with Crippen LogP contribution in [0.4, 0.5) is 11.6 Å². The molecule has 0 amide bonds. The number of nitro benzene ring substituents is 1. The molecule has 0 aliphatic heterocycles. The maximum absolute atomic E-state index is 11.4. The Balaban J connectivity index is 1.20. The number of anilines is 1. The average Bonchev–Trinajstić information content (AvgIpc) is 3.65. The van der Waals surface area contributed by atoms with Gasteiger partial charge in [-0.2, -0.15) is 0 Å². The third-order valence-corrected chi connectivity index (χ3v) is 8.52. The minimum atomic E-state index is -0.333. The van der Waals surface area contributed by atoms with Crippen LogP contribution >= 0.6 is 0 Å². The highest BCUT2D eigenvalue weighted by Crippen LogP contribution is 2.41. The van der Waals surface area contributed by atoms with Crippen LogP contribution in [0.3, 0.4) is 0 Å². The number of H-pyrrole nitrogens is 1. The number of nitrogens with one attached hydrogen (secondary N) is 2. The minimum absolute atomic E-state index is 0.0459. The van der Waals surface area contributed by atoms with E-state index in [1.165, 1.54) is 5.56 Å². The molecule has 7 rings (SSSR count). The van der Waals surface area contributed by atoms with Gasteiger partial charge in [-0.25, -0.2) is 9.97 Å². The molecule has 44 heavy (non-hydrogen) atoms. The number of aromatic nitrogens is 3. The second-order valence-electron chi connectivity index (χ2n) is 11.0. The first-order valence-corrected chi connectivity index (χ1v) is 14.6. The summed E-state index contributed by atoms with van der Waals surface area (Å²) >= 11 is 0. The molecule has 9 heteroatoms. The quantitative estimate of drug-likeness (QED) is 0.134. The van der Waals surface area contributed by atoms with E-state index in [1.54, 1.807) is 26.4 Å². The smallest absolute Gasteiger partial charge is 0.269 e. The number of hydrogen-bond donors (Lipinski definition) is 2. The number of nitrogens with zero attached hydrogens (tertiary/aromatic N) is 3. The van der Waals surface area contributed by atoms with Crippen LogP contribution in [0, 0.1) is 10.1 Å². The number of methoxy groups -OCH3 is 2. The number of ether oxygens (including phenoxy) is 2. The number of aromatic amines is 1. The SMILES string of the molecule is COc1ccc(-c2[nH]c3ccccc3c2CCNc2nc(C3CCc4cc([N+](=O)[O-])ccc43)c3ccccc3n2)cc1OC. The van der Waals surface area contributed by atoms with Crippen LogP contribution in [-0.2, 0) is 12.8 Å². The maximum atomic E-state index is 11.4. The van der Waals surface area contributed by atoms with Crippen molar-refractivity contribution in [3.05, 3.63) is 117 Å². The van der Waals surface area contributed by atoms with Gasteiger partial charge in [-0.15, -0.1) is 0 Å². The van der Waals surface area contributed by atoms with Gasteiger partial charge in [0.25, 0.3) is 5.69 Å². The van der Waals surface area contributed by atoms with Crippen LogP contribution in [0.1, 0.15) is 34.7 Å². The van der Waals surface area contributed by atoms with Crippen molar-refractivity contribution in [2.75, 3.05) is 26.1 Å². The standard InChI is InChI=1S/C35H31N5O4/c1-43-31-16-12-22(20-32(31)44-2)33-27(25-7-3-5-9-29(25)37-33)17-18-36-35-38-30-10-6-4-8-28(30)34(39-35)26-14-11-21-19-23(40(41)42)13-15-24(21)26/h3-10,12-13,15-16,19-20,26,37H,11,14,17-18H2,1-2H3,(H,36,38,39). The molecule has 0 saturated heterocycles. The van der Waals surface area contributed by atoms with E-state index in [1.807, 2.05) is 48.5 Å². The highest BCUT2D eigenvalue weighted by Gasteiger charge is 2.29. The Bertz CT molecular complexity index is 2040. The first kappa shape index (κ1) is 27.4.